The molecule has 0 aromatic heterocycles. The summed E-state index contributed by atoms with van der Waals surface area (Å²) < 4.78 is 5.05. The molecule has 4 nitrogen and oxygen atoms in total. The van der Waals surface area contributed by atoms with E-state index in [-0.39, 0.29) is 12.0 Å². The highest BCUT2D eigenvalue weighted by molar-refractivity contribution is 5.70. The number of carboxylic acid groups (broad SMARTS) is 1. The average molecular weight is 159 g/mol. The highest BCUT2D eigenvalue weighted by Gasteiger charge is 2.26. The van der Waals surface area contributed by atoms with Gasteiger partial charge in [0.25, 0.3) is 0 Å². The smallest absolute Gasteiger partial charge is 0.307 e. The molecule has 0 radical (unpaired) electrons. The van der Waals surface area contributed by atoms with Gasteiger partial charge in [-0.05, 0) is 6.42 Å². The number of carboxylic acids is 1. The fourth-order valence-electron chi connectivity index (χ4n) is 1.27. The Balaban J connectivity index is 2.39. The third kappa shape index (κ3) is 2.17. The second kappa shape index (κ2) is 3.69. The summed E-state index contributed by atoms with van der Waals surface area (Å²) in [6.45, 7) is 1.33. The lowest BCUT2D eigenvalue weighted by molar-refractivity contribution is -0.143. The van der Waals surface area contributed by atoms with E-state index in [1.54, 1.807) is 7.11 Å². The van der Waals surface area contributed by atoms with E-state index in [2.05, 4.69) is 5.32 Å². The second-order valence-corrected chi connectivity index (χ2v) is 2.79. The molecule has 2 atom stereocenters. The molecule has 1 heterocycles. The van der Waals surface area contributed by atoms with Crippen molar-refractivity contribution in [3.8, 4) is 0 Å². The minimum atomic E-state index is -0.737. The van der Waals surface area contributed by atoms with Crippen LogP contribution >= 0.6 is 0 Å². The molecule has 1 aliphatic heterocycles. The van der Waals surface area contributed by atoms with Crippen molar-refractivity contribution in [1.29, 1.82) is 0 Å². The number of methoxy groups -OCH3 is 1. The standard InChI is InChI=1S/C7H13NO3/c1-11-6-2-5(7(9)10)3-8-4-6/h5-6,8H,2-4H2,1H3,(H,9,10). The first kappa shape index (κ1) is 8.49. The van der Waals surface area contributed by atoms with Crippen molar-refractivity contribution in [3.05, 3.63) is 0 Å². The summed E-state index contributed by atoms with van der Waals surface area (Å²) in [5.74, 6) is -1.02. The minimum absolute atomic E-state index is 0.0600. The molecule has 0 aliphatic carbocycles. The van der Waals surface area contributed by atoms with Crippen LogP contribution in [0.3, 0.4) is 0 Å². The quantitative estimate of drug-likeness (QED) is 0.580. The molecule has 1 fully saturated rings. The van der Waals surface area contributed by atoms with Crippen LogP contribution in [-0.2, 0) is 9.53 Å². The van der Waals surface area contributed by atoms with Gasteiger partial charge in [0.05, 0.1) is 12.0 Å². The molecule has 0 spiro atoms. The first-order valence-electron chi connectivity index (χ1n) is 3.70. The lowest BCUT2D eigenvalue weighted by Crippen LogP contribution is -2.43. The molecule has 11 heavy (non-hydrogen) atoms. The second-order valence-electron chi connectivity index (χ2n) is 2.79. The predicted molar refractivity (Wildman–Crippen MR) is 39.4 cm³/mol. The van der Waals surface area contributed by atoms with Gasteiger partial charge in [-0.15, -0.1) is 0 Å². The van der Waals surface area contributed by atoms with Crippen molar-refractivity contribution in [2.24, 2.45) is 5.92 Å². The van der Waals surface area contributed by atoms with Crippen LogP contribution < -0.4 is 5.32 Å². The van der Waals surface area contributed by atoms with Crippen LogP contribution in [0.25, 0.3) is 0 Å². The Morgan fingerprint density at radius 1 is 1.64 bits per heavy atom. The highest BCUT2D eigenvalue weighted by Crippen LogP contribution is 2.12. The lowest BCUT2D eigenvalue weighted by atomic mass is 9.98. The average Bonchev–Trinajstić information content (AvgIpc) is 2.05. The zero-order chi connectivity index (χ0) is 8.27. The topological polar surface area (TPSA) is 58.6 Å². The maximum absolute atomic E-state index is 10.5. The molecular formula is C7H13NO3. The summed E-state index contributed by atoms with van der Waals surface area (Å²) in [5.41, 5.74) is 0. The van der Waals surface area contributed by atoms with Crippen LogP contribution in [-0.4, -0.2) is 37.4 Å². The number of piperidine rings is 1. The van der Waals surface area contributed by atoms with Gasteiger partial charge >= 0.3 is 5.97 Å². The molecule has 2 N–H and O–H groups in total. The fourth-order valence-corrected chi connectivity index (χ4v) is 1.27. The molecule has 1 rings (SSSR count). The number of carbonyl (C=O) groups is 1. The Morgan fingerprint density at radius 2 is 2.36 bits per heavy atom. The van der Waals surface area contributed by atoms with Gasteiger partial charge in [0, 0.05) is 20.2 Å². The van der Waals surface area contributed by atoms with Crippen LogP contribution in [0.15, 0.2) is 0 Å². The predicted octanol–water partition coefficient (Wildman–Crippen LogP) is -0.304. The Labute approximate surface area is 65.5 Å². The van der Waals surface area contributed by atoms with Gasteiger partial charge in [-0.25, -0.2) is 0 Å². The zero-order valence-electron chi connectivity index (χ0n) is 6.54. The summed E-state index contributed by atoms with van der Waals surface area (Å²) in [5, 5.41) is 11.7. The number of ether oxygens (including phenoxy) is 1. The summed E-state index contributed by atoms with van der Waals surface area (Å²) in [6, 6.07) is 0. The Hall–Kier alpha value is -0.610. The minimum Gasteiger partial charge on any atom is -0.481 e. The monoisotopic (exact) mass is 159 g/mol. The van der Waals surface area contributed by atoms with E-state index >= 15 is 0 Å². The molecule has 0 aromatic carbocycles. The maximum Gasteiger partial charge on any atom is 0.307 e. The number of rotatable bonds is 2. The van der Waals surface area contributed by atoms with Crippen LogP contribution in [0.5, 0.6) is 0 Å². The van der Waals surface area contributed by atoms with Crippen LogP contribution in [0.2, 0.25) is 0 Å². The summed E-state index contributed by atoms with van der Waals surface area (Å²) in [7, 11) is 1.61. The molecule has 64 valence electrons. The van der Waals surface area contributed by atoms with Gasteiger partial charge in [-0.2, -0.15) is 0 Å². The van der Waals surface area contributed by atoms with Crippen LogP contribution in [0, 0.1) is 5.92 Å². The molecule has 0 amide bonds. The van der Waals surface area contributed by atoms with Crippen molar-refractivity contribution < 1.29 is 14.6 Å². The maximum atomic E-state index is 10.5. The number of hydrogen-bond donors (Lipinski definition) is 2. The summed E-state index contributed by atoms with van der Waals surface area (Å²) in [4.78, 5) is 10.5. The van der Waals surface area contributed by atoms with E-state index in [0.29, 0.717) is 13.0 Å². The fraction of sp³-hybridized carbons (Fsp3) is 0.857. The zero-order valence-corrected chi connectivity index (χ0v) is 6.54. The molecule has 4 heteroatoms. The Morgan fingerprint density at radius 3 is 2.91 bits per heavy atom. The molecule has 0 aromatic rings. The van der Waals surface area contributed by atoms with E-state index in [1.165, 1.54) is 0 Å². The molecular weight excluding hydrogens is 146 g/mol. The number of nitrogens with one attached hydrogen (secondary N) is 1. The van der Waals surface area contributed by atoms with Gasteiger partial charge in [0.2, 0.25) is 0 Å². The first-order chi connectivity index (χ1) is 5.24. The molecule has 2 unspecified atom stereocenters. The molecule has 1 saturated heterocycles. The van der Waals surface area contributed by atoms with E-state index in [4.69, 9.17) is 9.84 Å². The van der Waals surface area contributed by atoms with Crippen molar-refractivity contribution in [3.63, 3.8) is 0 Å². The van der Waals surface area contributed by atoms with Gasteiger partial charge in [-0.1, -0.05) is 0 Å². The van der Waals surface area contributed by atoms with E-state index in [1.807, 2.05) is 0 Å². The van der Waals surface area contributed by atoms with Gasteiger partial charge in [0.15, 0.2) is 0 Å². The SMILES string of the molecule is COC1CNCC(C(=O)O)C1. The van der Waals surface area contributed by atoms with Crippen molar-refractivity contribution in [1.82, 2.24) is 5.32 Å². The number of aliphatic carboxylic acids is 1. The molecule has 0 bridgehead atoms. The summed E-state index contributed by atoms with van der Waals surface area (Å²) in [6.07, 6.45) is 0.684. The largest absolute Gasteiger partial charge is 0.481 e. The lowest BCUT2D eigenvalue weighted by Gasteiger charge is -2.26. The van der Waals surface area contributed by atoms with Gasteiger partial charge in [-0.3, -0.25) is 4.79 Å². The van der Waals surface area contributed by atoms with E-state index in [9.17, 15) is 4.79 Å². The van der Waals surface area contributed by atoms with Crippen molar-refractivity contribution in [2.45, 2.75) is 12.5 Å². The molecule has 0 saturated carbocycles. The number of hydrogen-bond acceptors (Lipinski definition) is 3. The normalized spacial score (nSPS) is 31.7. The Bertz CT molecular complexity index is 149. The summed E-state index contributed by atoms with van der Waals surface area (Å²) >= 11 is 0. The van der Waals surface area contributed by atoms with E-state index in [0.717, 1.165) is 6.54 Å². The van der Waals surface area contributed by atoms with Crippen molar-refractivity contribution >= 4 is 5.97 Å². The third-order valence-electron chi connectivity index (χ3n) is 1.99. The Kier molecular flexibility index (Phi) is 2.84. The van der Waals surface area contributed by atoms with E-state index < -0.39 is 5.97 Å². The van der Waals surface area contributed by atoms with Crippen LogP contribution in [0.1, 0.15) is 6.42 Å². The van der Waals surface area contributed by atoms with Crippen LogP contribution in [0.4, 0.5) is 0 Å². The van der Waals surface area contributed by atoms with Crippen molar-refractivity contribution in [2.75, 3.05) is 20.2 Å². The molecule has 1 aliphatic rings. The first-order valence-corrected chi connectivity index (χ1v) is 3.70. The third-order valence-corrected chi connectivity index (χ3v) is 1.99. The van der Waals surface area contributed by atoms with Gasteiger partial charge in [0.1, 0.15) is 0 Å². The highest BCUT2D eigenvalue weighted by atomic mass is 16.5. The van der Waals surface area contributed by atoms with Gasteiger partial charge < -0.3 is 15.2 Å².